The van der Waals surface area contributed by atoms with Gasteiger partial charge in [0.15, 0.2) is 11.8 Å². The van der Waals surface area contributed by atoms with Gasteiger partial charge in [0.05, 0.1) is 6.54 Å². The quantitative estimate of drug-likeness (QED) is 0.439. The number of nitrogens with zero attached hydrogens (tertiary/aromatic N) is 5. The second kappa shape index (κ2) is 9.61. The number of aryl methyl sites for hydroxylation is 2. The molecule has 0 atom stereocenters. The lowest BCUT2D eigenvalue weighted by atomic mass is 10.1. The van der Waals surface area contributed by atoms with Crippen LogP contribution in [-0.2, 0) is 26.6 Å². The number of rotatable bonds is 5. The van der Waals surface area contributed by atoms with Gasteiger partial charge in [-0.05, 0) is 24.5 Å². The summed E-state index contributed by atoms with van der Waals surface area (Å²) in [6.45, 7) is 5.52. The second-order valence-corrected chi connectivity index (χ2v) is 5.65. The third-order valence-electron chi connectivity index (χ3n) is 4.01. The van der Waals surface area contributed by atoms with Crippen molar-refractivity contribution < 1.29 is 0 Å². The molecule has 1 N–H and O–H groups in total. The van der Waals surface area contributed by atoms with E-state index in [2.05, 4.69) is 56.6 Å². The fourth-order valence-electron chi connectivity index (χ4n) is 2.38. The number of halogens is 1. The molecule has 0 aliphatic carbocycles. The summed E-state index contributed by atoms with van der Waals surface area (Å²) in [6, 6.07) is 8.71. The van der Waals surface area contributed by atoms with Gasteiger partial charge in [0.2, 0.25) is 0 Å². The van der Waals surface area contributed by atoms with E-state index in [-0.39, 0.29) is 24.0 Å². The van der Waals surface area contributed by atoms with Crippen LogP contribution >= 0.6 is 24.0 Å². The van der Waals surface area contributed by atoms with Crippen LogP contribution in [0.15, 0.2) is 29.3 Å². The third kappa shape index (κ3) is 5.19. The fraction of sp³-hybridized carbons (Fsp3) is 0.471. The Morgan fingerprint density at radius 3 is 2.33 bits per heavy atom. The van der Waals surface area contributed by atoms with Crippen molar-refractivity contribution in [3.8, 4) is 0 Å². The molecule has 0 radical (unpaired) electrons. The molecule has 0 spiro atoms. The maximum absolute atomic E-state index is 4.34. The van der Waals surface area contributed by atoms with Crippen LogP contribution in [0.3, 0.4) is 0 Å². The van der Waals surface area contributed by atoms with E-state index in [9.17, 15) is 0 Å². The molecule has 0 fully saturated rings. The summed E-state index contributed by atoms with van der Waals surface area (Å²) < 4.78 is 1.98. The summed E-state index contributed by atoms with van der Waals surface area (Å²) >= 11 is 0. The minimum absolute atomic E-state index is 0. The molecule has 0 aliphatic rings. The van der Waals surface area contributed by atoms with Gasteiger partial charge >= 0.3 is 0 Å². The summed E-state index contributed by atoms with van der Waals surface area (Å²) in [6.07, 6.45) is 1.07. The Balaban J connectivity index is 0.00000288. The van der Waals surface area contributed by atoms with Crippen molar-refractivity contribution in [3.05, 3.63) is 47.0 Å². The molecule has 0 bridgehead atoms. The first-order valence-electron chi connectivity index (χ1n) is 7.89. The lowest BCUT2D eigenvalue weighted by molar-refractivity contribution is 0.474. The van der Waals surface area contributed by atoms with Crippen LogP contribution in [-0.4, -0.2) is 39.7 Å². The zero-order chi connectivity index (χ0) is 16.8. The van der Waals surface area contributed by atoms with Gasteiger partial charge in [-0.25, -0.2) is 0 Å². The first-order chi connectivity index (χ1) is 11.0. The second-order valence-electron chi connectivity index (χ2n) is 5.65. The molecule has 1 heterocycles. The Kier molecular flexibility index (Phi) is 8.17. The van der Waals surface area contributed by atoms with E-state index < -0.39 is 0 Å². The molecule has 2 aromatic rings. The highest BCUT2D eigenvalue weighted by Gasteiger charge is 2.09. The minimum Gasteiger partial charge on any atom is -0.349 e. The van der Waals surface area contributed by atoms with Crippen LogP contribution in [0.25, 0.3) is 0 Å². The summed E-state index contributed by atoms with van der Waals surface area (Å²) in [4.78, 5) is 6.44. The van der Waals surface area contributed by atoms with Crippen molar-refractivity contribution in [2.24, 2.45) is 12.0 Å². The van der Waals surface area contributed by atoms with Gasteiger partial charge in [-0.15, -0.1) is 34.2 Å². The molecule has 0 saturated heterocycles. The standard InChI is InChI=1S/C17H26N6.HI/c1-6-14-7-9-15(10-8-14)12-22(4)17(18-3)19-11-16-21-20-13(2)23(16)5;/h7-10H,6,11-12H2,1-5H3,(H,18,19);1H. The van der Waals surface area contributed by atoms with Crippen LogP contribution in [0, 0.1) is 6.92 Å². The van der Waals surface area contributed by atoms with E-state index in [1.807, 2.05) is 25.6 Å². The van der Waals surface area contributed by atoms with Gasteiger partial charge < -0.3 is 14.8 Å². The predicted molar refractivity (Wildman–Crippen MR) is 109 cm³/mol. The molecule has 1 aromatic heterocycles. The highest BCUT2D eigenvalue weighted by Crippen LogP contribution is 2.07. The molecule has 24 heavy (non-hydrogen) atoms. The van der Waals surface area contributed by atoms with Gasteiger partial charge in [0, 0.05) is 27.7 Å². The van der Waals surface area contributed by atoms with E-state index in [4.69, 9.17) is 0 Å². The van der Waals surface area contributed by atoms with Gasteiger partial charge in [-0.3, -0.25) is 4.99 Å². The van der Waals surface area contributed by atoms with Crippen LogP contribution in [0.1, 0.15) is 29.7 Å². The van der Waals surface area contributed by atoms with Crippen LogP contribution in [0.5, 0.6) is 0 Å². The first kappa shape index (κ1) is 20.4. The van der Waals surface area contributed by atoms with E-state index in [0.29, 0.717) is 6.54 Å². The van der Waals surface area contributed by atoms with Gasteiger partial charge in [-0.1, -0.05) is 31.2 Å². The number of aliphatic imine (C=N–C) groups is 1. The smallest absolute Gasteiger partial charge is 0.194 e. The van der Waals surface area contributed by atoms with E-state index in [1.54, 1.807) is 7.05 Å². The van der Waals surface area contributed by atoms with Gasteiger partial charge in [-0.2, -0.15) is 0 Å². The predicted octanol–water partition coefficient (Wildman–Crippen LogP) is 2.51. The number of benzene rings is 1. The minimum atomic E-state index is 0. The van der Waals surface area contributed by atoms with Crippen molar-refractivity contribution in [3.63, 3.8) is 0 Å². The first-order valence-corrected chi connectivity index (χ1v) is 7.89. The Morgan fingerprint density at radius 2 is 1.83 bits per heavy atom. The number of aromatic nitrogens is 3. The molecular weight excluding hydrogens is 415 g/mol. The lowest BCUT2D eigenvalue weighted by Gasteiger charge is -2.22. The highest BCUT2D eigenvalue weighted by atomic mass is 127. The molecule has 0 unspecified atom stereocenters. The Labute approximate surface area is 161 Å². The van der Waals surface area contributed by atoms with Crippen molar-refractivity contribution in [1.82, 2.24) is 25.0 Å². The molecule has 0 amide bonds. The maximum Gasteiger partial charge on any atom is 0.194 e. The van der Waals surface area contributed by atoms with Crippen LogP contribution in [0.2, 0.25) is 0 Å². The molecule has 0 aliphatic heterocycles. The Morgan fingerprint density at radius 1 is 1.21 bits per heavy atom. The van der Waals surface area contributed by atoms with Crippen LogP contribution < -0.4 is 5.32 Å². The van der Waals surface area contributed by atoms with Gasteiger partial charge in [0.25, 0.3) is 0 Å². The van der Waals surface area contributed by atoms with E-state index in [1.165, 1.54) is 11.1 Å². The van der Waals surface area contributed by atoms with Crippen molar-refractivity contribution in [1.29, 1.82) is 0 Å². The summed E-state index contributed by atoms with van der Waals surface area (Å²) in [5.74, 6) is 2.63. The Hall–Kier alpha value is -1.64. The summed E-state index contributed by atoms with van der Waals surface area (Å²) in [5.41, 5.74) is 2.62. The third-order valence-corrected chi connectivity index (χ3v) is 4.01. The summed E-state index contributed by atoms with van der Waals surface area (Å²) in [5, 5.41) is 11.6. The molecule has 1 aromatic carbocycles. The number of hydrogen-bond acceptors (Lipinski definition) is 3. The normalized spacial score (nSPS) is 11.1. The lowest BCUT2D eigenvalue weighted by Crippen LogP contribution is -2.38. The van der Waals surface area contributed by atoms with Crippen molar-refractivity contribution in [2.45, 2.75) is 33.4 Å². The molecular formula is C17H27IN6. The number of guanidine groups is 1. The average Bonchev–Trinajstić information content (AvgIpc) is 2.88. The zero-order valence-electron chi connectivity index (χ0n) is 15.1. The molecule has 6 nitrogen and oxygen atoms in total. The average molecular weight is 442 g/mol. The summed E-state index contributed by atoms with van der Waals surface area (Å²) in [7, 11) is 5.79. The molecule has 7 heteroatoms. The van der Waals surface area contributed by atoms with E-state index >= 15 is 0 Å². The highest BCUT2D eigenvalue weighted by molar-refractivity contribution is 14.0. The SMILES string of the molecule is CCc1ccc(CN(C)C(=NC)NCc2nnc(C)n2C)cc1.I. The van der Waals surface area contributed by atoms with E-state index in [0.717, 1.165) is 30.6 Å². The van der Waals surface area contributed by atoms with Crippen LogP contribution in [0.4, 0.5) is 0 Å². The van der Waals surface area contributed by atoms with Crippen molar-refractivity contribution in [2.75, 3.05) is 14.1 Å². The molecule has 0 saturated carbocycles. The van der Waals surface area contributed by atoms with Gasteiger partial charge in [0.1, 0.15) is 5.82 Å². The zero-order valence-corrected chi connectivity index (χ0v) is 17.4. The number of hydrogen-bond donors (Lipinski definition) is 1. The fourth-order valence-corrected chi connectivity index (χ4v) is 2.38. The number of nitrogens with one attached hydrogen (secondary N) is 1. The monoisotopic (exact) mass is 442 g/mol. The Bertz CT molecular complexity index is 662. The largest absolute Gasteiger partial charge is 0.349 e. The van der Waals surface area contributed by atoms with Crippen molar-refractivity contribution >= 4 is 29.9 Å². The molecule has 2 rings (SSSR count). The maximum atomic E-state index is 4.34. The molecule has 132 valence electrons. The topological polar surface area (TPSA) is 58.3 Å².